The summed E-state index contributed by atoms with van der Waals surface area (Å²) in [7, 11) is 0. The molecule has 88 valence electrons. The molecule has 0 saturated heterocycles. The second kappa shape index (κ2) is 6.10. The van der Waals surface area contributed by atoms with Gasteiger partial charge in [-0.3, -0.25) is 0 Å². The van der Waals surface area contributed by atoms with Crippen LogP contribution in [0.2, 0.25) is 0 Å². The van der Waals surface area contributed by atoms with Crippen LogP contribution in [0.1, 0.15) is 51.4 Å². The number of halogens is 1. The third-order valence-corrected chi connectivity index (χ3v) is 4.55. The molecule has 0 aromatic heterocycles. The van der Waals surface area contributed by atoms with Gasteiger partial charge in [-0.15, -0.1) is 11.6 Å². The van der Waals surface area contributed by atoms with Crippen molar-refractivity contribution in [1.82, 2.24) is 5.32 Å². The normalized spacial score (nSPS) is 33.4. The van der Waals surface area contributed by atoms with Crippen LogP contribution in [0.25, 0.3) is 0 Å². The number of hydrogen-bond acceptors (Lipinski definition) is 1. The fourth-order valence-electron chi connectivity index (χ4n) is 3.03. The summed E-state index contributed by atoms with van der Waals surface area (Å²) in [6.45, 7) is 2.50. The number of nitrogens with one attached hydrogen (secondary N) is 1. The average molecular weight is 230 g/mol. The molecule has 0 aromatic carbocycles. The largest absolute Gasteiger partial charge is 0.316 e. The third kappa shape index (κ3) is 3.96. The molecule has 0 radical (unpaired) electrons. The highest BCUT2D eigenvalue weighted by Gasteiger charge is 2.20. The molecule has 1 nitrogen and oxygen atoms in total. The molecule has 2 saturated carbocycles. The van der Waals surface area contributed by atoms with Crippen LogP contribution in [0.4, 0.5) is 0 Å². The standard InChI is InChI=1S/C13H24ClN/c14-13-7-5-12(6-8-13)10-15-9-11-3-1-2-4-11/h11-13,15H,1-10H2. The van der Waals surface area contributed by atoms with E-state index in [-0.39, 0.29) is 0 Å². The van der Waals surface area contributed by atoms with Crippen LogP contribution in [0.15, 0.2) is 0 Å². The molecule has 2 heteroatoms. The van der Waals surface area contributed by atoms with E-state index in [0.717, 1.165) is 11.8 Å². The maximum atomic E-state index is 6.10. The van der Waals surface area contributed by atoms with E-state index in [9.17, 15) is 0 Å². The summed E-state index contributed by atoms with van der Waals surface area (Å²) in [6, 6.07) is 0. The minimum absolute atomic E-state index is 0.469. The molecule has 15 heavy (non-hydrogen) atoms. The summed E-state index contributed by atoms with van der Waals surface area (Å²) in [6.07, 6.45) is 11.0. The summed E-state index contributed by atoms with van der Waals surface area (Å²) in [5.74, 6) is 1.88. The molecule has 0 amide bonds. The van der Waals surface area contributed by atoms with E-state index in [1.54, 1.807) is 0 Å². The molecule has 2 fully saturated rings. The minimum atomic E-state index is 0.469. The average Bonchev–Trinajstić information content (AvgIpc) is 2.74. The maximum Gasteiger partial charge on any atom is 0.0336 e. The van der Waals surface area contributed by atoms with Crippen LogP contribution in [-0.4, -0.2) is 18.5 Å². The van der Waals surface area contributed by atoms with Crippen LogP contribution in [0, 0.1) is 11.8 Å². The molecular weight excluding hydrogens is 206 g/mol. The van der Waals surface area contributed by atoms with Gasteiger partial charge in [0.05, 0.1) is 0 Å². The van der Waals surface area contributed by atoms with Crippen molar-refractivity contribution < 1.29 is 0 Å². The quantitative estimate of drug-likeness (QED) is 0.727. The van der Waals surface area contributed by atoms with Gasteiger partial charge in [-0.25, -0.2) is 0 Å². The molecule has 0 aromatic rings. The Hall–Kier alpha value is 0.250. The molecular formula is C13H24ClN. The van der Waals surface area contributed by atoms with Gasteiger partial charge in [-0.2, -0.15) is 0 Å². The molecule has 0 unspecified atom stereocenters. The first-order valence-electron chi connectivity index (χ1n) is 6.69. The Morgan fingerprint density at radius 2 is 1.33 bits per heavy atom. The van der Waals surface area contributed by atoms with Gasteiger partial charge < -0.3 is 5.32 Å². The van der Waals surface area contributed by atoms with Crippen LogP contribution < -0.4 is 5.32 Å². The van der Waals surface area contributed by atoms with Crippen molar-refractivity contribution in [1.29, 1.82) is 0 Å². The number of rotatable bonds is 4. The van der Waals surface area contributed by atoms with Gasteiger partial charge in [-0.05, 0) is 63.5 Å². The molecule has 0 heterocycles. The molecule has 2 aliphatic rings. The van der Waals surface area contributed by atoms with Gasteiger partial charge in [0.25, 0.3) is 0 Å². The molecule has 0 atom stereocenters. The second-order valence-electron chi connectivity index (χ2n) is 5.43. The first-order valence-corrected chi connectivity index (χ1v) is 7.13. The molecule has 0 aliphatic heterocycles. The molecule has 0 bridgehead atoms. The Bertz CT molecular complexity index is 169. The lowest BCUT2D eigenvalue weighted by atomic mass is 9.89. The maximum absolute atomic E-state index is 6.10. The summed E-state index contributed by atoms with van der Waals surface area (Å²) < 4.78 is 0. The van der Waals surface area contributed by atoms with Gasteiger partial charge in [0.2, 0.25) is 0 Å². The predicted molar refractivity (Wildman–Crippen MR) is 66.4 cm³/mol. The third-order valence-electron chi connectivity index (χ3n) is 4.12. The predicted octanol–water partition coefficient (Wildman–Crippen LogP) is 3.56. The van der Waals surface area contributed by atoms with Gasteiger partial charge in [0, 0.05) is 5.38 Å². The Morgan fingerprint density at radius 3 is 1.93 bits per heavy atom. The monoisotopic (exact) mass is 229 g/mol. The van der Waals surface area contributed by atoms with E-state index in [1.165, 1.54) is 64.5 Å². The van der Waals surface area contributed by atoms with Crippen LogP contribution in [-0.2, 0) is 0 Å². The van der Waals surface area contributed by atoms with Gasteiger partial charge in [0.1, 0.15) is 0 Å². The lowest BCUT2D eigenvalue weighted by Crippen LogP contribution is -2.29. The number of hydrogen-bond donors (Lipinski definition) is 1. The van der Waals surface area contributed by atoms with Crippen molar-refractivity contribution >= 4 is 11.6 Å². The molecule has 2 rings (SSSR count). The van der Waals surface area contributed by atoms with Crippen molar-refractivity contribution in [2.24, 2.45) is 11.8 Å². The van der Waals surface area contributed by atoms with Crippen molar-refractivity contribution in [3.05, 3.63) is 0 Å². The smallest absolute Gasteiger partial charge is 0.0336 e. The molecule has 1 N–H and O–H groups in total. The first kappa shape index (κ1) is 11.7. The van der Waals surface area contributed by atoms with Crippen LogP contribution in [0.5, 0.6) is 0 Å². The van der Waals surface area contributed by atoms with E-state index < -0.39 is 0 Å². The first-order chi connectivity index (χ1) is 7.34. The van der Waals surface area contributed by atoms with E-state index >= 15 is 0 Å². The molecule has 0 spiro atoms. The summed E-state index contributed by atoms with van der Waals surface area (Å²) >= 11 is 6.10. The zero-order valence-corrected chi connectivity index (χ0v) is 10.4. The van der Waals surface area contributed by atoms with Gasteiger partial charge in [-0.1, -0.05) is 12.8 Å². The molecule has 2 aliphatic carbocycles. The SMILES string of the molecule is ClC1CCC(CNCC2CCCC2)CC1. The zero-order valence-electron chi connectivity index (χ0n) is 9.68. The fraction of sp³-hybridized carbons (Fsp3) is 1.00. The summed E-state index contributed by atoms with van der Waals surface area (Å²) in [5.41, 5.74) is 0. The lowest BCUT2D eigenvalue weighted by Gasteiger charge is -2.25. The van der Waals surface area contributed by atoms with Crippen LogP contribution in [0.3, 0.4) is 0 Å². The second-order valence-corrected chi connectivity index (χ2v) is 6.04. The van der Waals surface area contributed by atoms with Crippen molar-refractivity contribution in [3.8, 4) is 0 Å². The Kier molecular flexibility index (Phi) is 4.77. The van der Waals surface area contributed by atoms with Gasteiger partial charge >= 0.3 is 0 Å². The van der Waals surface area contributed by atoms with Crippen molar-refractivity contribution in [2.75, 3.05) is 13.1 Å². The fourth-order valence-corrected chi connectivity index (χ4v) is 3.28. The van der Waals surface area contributed by atoms with E-state index in [2.05, 4.69) is 5.32 Å². The lowest BCUT2D eigenvalue weighted by molar-refractivity contribution is 0.336. The van der Waals surface area contributed by atoms with E-state index in [0.29, 0.717) is 5.38 Å². The highest BCUT2D eigenvalue weighted by atomic mass is 35.5. The van der Waals surface area contributed by atoms with Gasteiger partial charge in [0.15, 0.2) is 0 Å². The minimum Gasteiger partial charge on any atom is -0.316 e. The Morgan fingerprint density at radius 1 is 0.800 bits per heavy atom. The van der Waals surface area contributed by atoms with E-state index in [4.69, 9.17) is 11.6 Å². The summed E-state index contributed by atoms with van der Waals surface area (Å²) in [4.78, 5) is 0. The van der Waals surface area contributed by atoms with Crippen molar-refractivity contribution in [3.63, 3.8) is 0 Å². The number of alkyl halides is 1. The van der Waals surface area contributed by atoms with Crippen molar-refractivity contribution in [2.45, 2.75) is 56.7 Å². The Labute approximate surface area is 99.0 Å². The zero-order chi connectivity index (χ0) is 10.5. The van der Waals surface area contributed by atoms with Crippen LogP contribution >= 0.6 is 11.6 Å². The highest BCUT2D eigenvalue weighted by Crippen LogP contribution is 2.27. The topological polar surface area (TPSA) is 12.0 Å². The van der Waals surface area contributed by atoms with E-state index in [1.807, 2.05) is 0 Å². The summed E-state index contributed by atoms with van der Waals surface area (Å²) in [5, 5.41) is 4.14. The highest BCUT2D eigenvalue weighted by molar-refractivity contribution is 6.20. The Balaban J connectivity index is 1.53.